The minimum absolute atomic E-state index is 0. The van der Waals surface area contributed by atoms with E-state index < -0.39 is 5.60 Å². The van der Waals surface area contributed by atoms with Gasteiger partial charge in [0.25, 0.3) is 0 Å². The van der Waals surface area contributed by atoms with E-state index in [1.54, 1.807) is 19.0 Å². The van der Waals surface area contributed by atoms with Crippen LogP contribution in [-0.2, 0) is 4.74 Å². The molecule has 0 aromatic heterocycles. The first kappa shape index (κ1) is 22.5. The van der Waals surface area contributed by atoms with Crippen molar-refractivity contribution in [3.63, 3.8) is 0 Å². The lowest BCUT2D eigenvalue weighted by Crippen LogP contribution is -2.45. The number of rotatable bonds is 5. The fraction of sp³-hybridized carbons (Fsp3) is 0.857. The molecule has 0 spiro atoms. The van der Waals surface area contributed by atoms with Gasteiger partial charge in [0, 0.05) is 33.2 Å². The molecular formula is C14H31IN4O2. The van der Waals surface area contributed by atoms with Gasteiger partial charge in [-0.25, -0.2) is 4.79 Å². The number of halogens is 1. The van der Waals surface area contributed by atoms with E-state index in [-0.39, 0.29) is 30.1 Å². The first-order chi connectivity index (χ1) is 9.19. The second kappa shape index (κ2) is 10.9. The number of hydrogen-bond acceptors (Lipinski definition) is 3. The highest BCUT2D eigenvalue weighted by atomic mass is 127. The summed E-state index contributed by atoms with van der Waals surface area (Å²) in [5, 5.41) is 6.43. The minimum Gasteiger partial charge on any atom is -0.444 e. The molecule has 0 rings (SSSR count). The average molecular weight is 414 g/mol. The minimum atomic E-state index is -0.465. The summed E-state index contributed by atoms with van der Waals surface area (Å²) in [5.74, 6) is 0.747. The zero-order valence-corrected chi connectivity index (χ0v) is 16.6. The fourth-order valence-corrected chi connectivity index (χ4v) is 1.30. The molecular weight excluding hydrogens is 383 g/mol. The highest BCUT2D eigenvalue weighted by Crippen LogP contribution is 2.08. The zero-order chi connectivity index (χ0) is 15.8. The van der Waals surface area contributed by atoms with Gasteiger partial charge in [-0.15, -0.1) is 24.0 Å². The molecule has 0 fully saturated rings. The third kappa shape index (κ3) is 11.6. The summed E-state index contributed by atoms with van der Waals surface area (Å²) in [6.45, 7) is 10.9. The molecule has 126 valence electrons. The summed E-state index contributed by atoms with van der Waals surface area (Å²) < 4.78 is 5.28. The van der Waals surface area contributed by atoms with Gasteiger partial charge in [0.15, 0.2) is 5.96 Å². The number of hydrogen-bond donors (Lipinski definition) is 2. The predicted molar refractivity (Wildman–Crippen MR) is 98.5 cm³/mol. The van der Waals surface area contributed by atoms with Crippen molar-refractivity contribution >= 4 is 36.0 Å². The molecule has 1 unspecified atom stereocenters. The molecule has 0 aliphatic carbocycles. The van der Waals surface area contributed by atoms with E-state index in [9.17, 15) is 4.79 Å². The third-order valence-electron chi connectivity index (χ3n) is 2.66. The Morgan fingerprint density at radius 2 is 1.95 bits per heavy atom. The second-order valence-corrected chi connectivity index (χ2v) is 5.85. The summed E-state index contributed by atoms with van der Waals surface area (Å²) in [6, 6.07) is 0.366. The first-order valence-electron chi connectivity index (χ1n) is 7.11. The lowest BCUT2D eigenvalue weighted by atomic mass is 10.2. The SMILES string of the molecule is CCC(C)NC(=NC)NCCN(C)C(=O)OC(C)(C)C.I. The Morgan fingerprint density at radius 1 is 1.38 bits per heavy atom. The molecule has 6 nitrogen and oxygen atoms in total. The Hall–Kier alpha value is -0.730. The largest absolute Gasteiger partial charge is 0.444 e. The lowest BCUT2D eigenvalue weighted by Gasteiger charge is -2.25. The van der Waals surface area contributed by atoms with Gasteiger partial charge in [0.2, 0.25) is 0 Å². The van der Waals surface area contributed by atoms with Crippen molar-refractivity contribution in [1.82, 2.24) is 15.5 Å². The van der Waals surface area contributed by atoms with Crippen LogP contribution in [0.1, 0.15) is 41.0 Å². The highest BCUT2D eigenvalue weighted by Gasteiger charge is 2.19. The number of likely N-dealkylation sites (N-methyl/N-ethyl adjacent to an activating group) is 1. The van der Waals surface area contributed by atoms with Gasteiger partial charge >= 0.3 is 6.09 Å². The second-order valence-electron chi connectivity index (χ2n) is 5.85. The molecule has 0 saturated heterocycles. The smallest absolute Gasteiger partial charge is 0.410 e. The monoisotopic (exact) mass is 414 g/mol. The zero-order valence-electron chi connectivity index (χ0n) is 14.3. The molecule has 1 amide bonds. The van der Waals surface area contributed by atoms with Crippen molar-refractivity contribution in [1.29, 1.82) is 0 Å². The fourth-order valence-electron chi connectivity index (χ4n) is 1.30. The lowest BCUT2D eigenvalue weighted by molar-refractivity contribution is 0.0302. The molecule has 2 N–H and O–H groups in total. The van der Waals surface area contributed by atoms with Gasteiger partial charge in [0.05, 0.1) is 0 Å². The normalized spacial score (nSPS) is 13.0. The molecule has 7 heteroatoms. The molecule has 1 atom stereocenters. The maximum atomic E-state index is 11.8. The standard InChI is InChI=1S/C14H30N4O2.HI/c1-8-11(2)17-12(15-6)16-9-10-18(7)13(19)20-14(3,4)5;/h11H,8-10H2,1-7H3,(H2,15,16,17);1H. The molecule has 0 saturated carbocycles. The molecule has 0 aromatic rings. The van der Waals surface area contributed by atoms with E-state index >= 15 is 0 Å². The summed E-state index contributed by atoms with van der Waals surface area (Å²) in [7, 11) is 3.45. The summed E-state index contributed by atoms with van der Waals surface area (Å²) in [5.41, 5.74) is -0.465. The van der Waals surface area contributed by atoms with Crippen LogP contribution in [0.2, 0.25) is 0 Å². The van der Waals surface area contributed by atoms with Crippen molar-refractivity contribution in [2.75, 3.05) is 27.2 Å². The summed E-state index contributed by atoms with van der Waals surface area (Å²) >= 11 is 0. The van der Waals surface area contributed by atoms with Crippen molar-refractivity contribution in [3.05, 3.63) is 0 Å². The maximum Gasteiger partial charge on any atom is 0.410 e. The number of guanidine groups is 1. The van der Waals surface area contributed by atoms with Gasteiger partial charge in [0.1, 0.15) is 5.60 Å². The van der Waals surface area contributed by atoms with Gasteiger partial charge in [-0.2, -0.15) is 0 Å². The topological polar surface area (TPSA) is 66.0 Å². The Bertz CT molecular complexity index is 329. The van der Waals surface area contributed by atoms with Gasteiger partial charge in [-0.05, 0) is 34.1 Å². The molecule has 0 bridgehead atoms. The predicted octanol–water partition coefficient (Wildman–Crippen LogP) is 2.43. The number of carbonyl (C=O) groups is 1. The number of ether oxygens (including phenoxy) is 1. The molecule has 0 aliphatic heterocycles. The number of carbonyl (C=O) groups excluding carboxylic acids is 1. The van der Waals surface area contributed by atoms with Crippen LogP contribution in [0.15, 0.2) is 4.99 Å². The molecule has 0 radical (unpaired) electrons. The molecule has 0 heterocycles. The van der Waals surface area contributed by atoms with E-state index in [1.807, 2.05) is 20.8 Å². The molecule has 0 aromatic carbocycles. The first-order valence-corrected chi connectivity index (χ1v) is 7.11. The quantitative estimate of drug-likeness (QED) is 0.412. The van der Waals surface area contributed by atoms with Crippen LogP contribution in [0, 0.1) is 0 Å². The number of nitrogens with zero attached hydrogens (tertiary/aromatic N) is 2. The van der Waals surface area contributed by atoms with Gasteiger partial charge in [-0.1, -0.05) is 6.92 Å². The van der Waals surface area contributed by atoms with E-state index in [0.29, 0.717) is 19.1 Å². The van der Waals surface area contributed by atoms with Crippen LogP contribution in [0.3, 0.4) is 0 Å². The highest BCUT2D eigenvalue weighted by molar-refractivity contribution is 14.0. The maximum absolute atomic E-state index is 11.8. The van der Waals surface area contributed by atoms with Crippen LogP contribution in [0.25, 0.3) is 0 Å². The van der Waals surface area contributed by atoms with E-state index in [2.05, 4.69) is 29.5 Å². The molecule has 0 aliphatic rings. The Morgan fingerprint density at radius 3 is 2.38 bits per heavy atom. The molecule has 21 heavy (non-hydrogen) atoms. The van der Waals surface area contributed by atoms with Gasteiger partial charge < -0.3 is 20.3 Å². The van der Waals surface area contributed by atoms with Crippen molar-refractivity contribution in [2.24, 2.45) is 4.99 Å². The summed E-state index contributed by atoms with van der Waals surface area (Å²) in [4.78, 5) is 17.4. The summed E-state index contributed by atoms with van der Waals surface area (Å²) in [6.07, 6.45) is 0.711. The van der Waals surface area contributed by atoms with Crippen molar-refractivity contribution < 1.29 is 9.53 Å². The van der Waals surface area contributed by atoms with Crippen molar-refractivity contribution in [2.45, 2.75) is 52.7 Å². The number of aliphatic imine (C=N–C) groups is 1. The number of nitrogens with one attached hydrogen (secondary N) is 2. The van der Waals surface area contributed by atoms with E-state index in [1.165, 1.54) is 0 Å². The van der Waals surface area contributed by atoms with E-state index in [0.717, 1.165) is 12.4 Å². The van der Waals surface area contributed by atoms with E-state index in [4.69, 9.17) is 4.74 Å². The average Bonchev–Trinajstić information content (AvgIpc) is 2.34. The third-order valence-corrected chi connectivity index (χ3v) is 2.66. The Balaban J connectivity index is 0. The van der Waals surface area contributed by atoms with Crippen LogP contribution in [0.4, 0.5) is 4.79 Å². The van der Waals surface area contributed by atoms with Crippen LogP contribution in [-0.4, -0.2) is 55.8 Å². The number of amides is 1. The van der Waals surface area contributed by atoms with Crippen LogP contribution >= 0.6 is 24.0 Å². The Kier molecular flexibility index (Phi) is 11.7. The van der Waals surface area contributed by atoms with Crippen LogP contribution < -0.4 is 10.6 Å². The Labute approximate surface area is 146 Å². The van der Waals surface area contributed by atoms with Crippen molar-refractivity contribution in [3.8, 4) is 0 Å². The van der Waals surface area contributed by atoms with Crippen LogP contribution in [0.5, 0.6) is 0 Å². The van der Waals surface area contributed by atoms with Gasteiger partial charge in [-0.3, -0.25) is 4.99 Å².